The number of alkyl halides is 1. The number of halogens is 1. The van der Waals surface area contributed by atoms with E-state index in [1.165, 1.54) is 21.3 Å². The van der Waals surface area contributed by atoms with Gasteiger partial charge in [0.05, 0.1) is 43.6 Å². The van der Waals surface area contributed by atoms with Gasteiger partial charge < -0.3 is 19.2 Å². The molecule has 1 aromatic carbocycles. The van der Waals surface area contributed by atoms with Crippen molar-refractivity contribution >= 4 is 32.9 Å². The summed E-state index contributed by atoms with van der Waals surface area (Å²) in [4.78, 5) is 29.9. The van der Waals surface area contributed by atoms with E-state index in [0.717, 1.165) is 0 Å². The molecule has 0 amide bonds. The molecule has 0 bridgehead atoms. The van der Waals surface area contributed by atoms with Gasteiger partial charge in [0, 0.05) is 12.1 Å². The van der Waals surface area contributed by atoms with Crippen LogP contribution in [0.3, 0.4) is 0 Å². The van der Waals surface area contributed by atoms with E-state index in [-0.39, 0.29) is 17.7 Å². The largest absolute Gasteiger partial charge is 0.493 e. The third-order valence-electron chi connectivity index (χ3n) is 3.09. The van der Waals surface area contributed by atoms with Crippen molar-refractivity contribution < 1.29 is 19.0 Å². The zero-order valence-electron chi connectivity index (χ0n) is 12.3. The van der Waals surface area contributed by atoms with Gasteiger partial charge in [-0.3, -0.25) is 9.59 Å². The topological polar surface area (TPSA) is 90.5 Å². The van der Waals surface area contributed by atoms with Gasteiger partial charge in [0.25, 0.3) is 5.56 Å². The summed E-state index contributed by atoms with van der Waals surface area (Å²) in [6.45, 7) is 0. The van der Waals surface area contributed by atoms with Crippen LogP contribution < -0.4 is 15.0 Å². The van der Waals surface area contributed by atoms with Crippen LogP contribution in [0.5, 0.6) is 11.5 Å². The number of hydrogen-bond donors (Lipinski definition) is 1. The number of aromatic nitrogens is 2. The SMILES string of the molecule is COC(=O)CC(Br)c1nc2cc(OC)c(OC)cc2[nH]c1=O. The Labute approximate surface area is 134 Å². The van der Waals surface area contributed by atoms with Crippen LogP contribution >= 0.6 is 15.9 Å². The van der Waals surface area contributed by atoms with Gasteiger partial charge in [0.1, 0.15) is 5.69 Å². The highest BCUT2D eigenvalue weighted by Gasteiger charge is 2.19. The molecule has 1 unspecified atom stereocenters. The molecule has 1 atom stereocenters. The van der Waals surface area contributed by atoms with Crippen LogP contribution in [0.15, 0.2) is 16.9 Å². The van der Waals surface area contributed by atoms with Gasteiger partial charge in [-0.15, -0.1) is 0 Å². The number of fused-ring (bicyclic) bond motifs is 1. The molecule has 0 aliphatic carbocycles. The van der Waals surface area contributed by atoms with Crippen LogP contribution in [0.4, 0.5) is 0 Å². The molecule has 2 rings (SSSR count). The molecular weight excluding hydrogens is 356 g/mol. The number of rotatable bonds is 5. The molecule has 1 N–H and O–H groups in total. The molecule has 7 nitrogen and oxygen atoms in total. The van der Waals surface area contributed by atoms with Crippen molar-refractivity contribution in [2.24, 2.45) is 0 Å². The second-order valence-corrected chi connectivity index (χ2v) is 5.53. The Hall–Kier alpha value is -2.09. The second kappa shape index (κ2) is 6.78. The predicted molar refractivity (Wildman–Crippen MR) is 83.8 cm³/mol. The lowest BCUT2D eigenvalue weighted by molar-refractivity contribution is -0.140. The highest BCUT2D eigenvalue weighted by Crippen LogP contribution is 2.31. The number of carbonyl (C=O) groups is 1. The first-order valence-corrected chi connectivity index (χ1v) is 7.28. The molecule has 2 aromatic rings. The lowest BCUT2D eigenvalue weighted by atomic mass is 10.2. The lowest BCUT2D eigenvalue weighted by Gasteiger charge is -2.11. The molecule has 1 heterocycles. The lowest BCUT2D eigenvalue weighted by Crippen LogP contribution is -2.18. The molecule has 0 fully saturated rings. The summed E-state index contributed by atoms with van der Waals surface area (Å²) in [7, 11) is 4.31. The minimum absolute atomic E-state index is 0.00533. The van der Waals surface area contributed by atoms with Gasteiger partial charge in [-0.05, 0) is 0 Å². The van der Waals surface area contributed by atoms with E-state index in [2.05, 4.69) is 30.6 Å². The molecule has 118 valence electrons. The van der Waals surface area contributed by atoms with E-state index >= 15 is 0 Å². The number of nitrogens with one attached hydrogen (secondary N) is 1. The number of carbonyl (C=O) groups excluding carboxylic acids is 1. The van der Waals surface area contributed by atoms with Gasteiger partial charge in [-0.1, -0.05) is 15.9 Å². The van der Waals surface area contributed by atoms with Crippen molar-refractivity contribution in [2.45, 2.75) is 11.2 Å². The van der Waals surface area contributed by atoms with E-state index in [9.17, 15) is 9.59 Å². The van der Waals surface area contributed by atoms with Gasteiger partial charge in [-0.25, -0.2) is 4.98 Å². The summed E-state index contributed by atoms with van der Waals surface area (Å²) in [6, 6.07) is 3.29. The first-order chi connectivity index (χ1) is 10.5. The number of esters is 1. The maximum atomic E-state index is 12.1. The average Bonchev–Trinajstić information content (AvgIpc) is 2.52. The smallest absolute Gasteiger partial charge is 0.307 e. The second-order valence-electron chi connectivity index (χ2n) is 4.42. The summed E-state index contributed by atoms with van der Waals surface area (Å²) in [5.41, 5.74) is 0.862. The Kier molecular flexibility index (Phi) is 5.02. The summed E-state index contributed by atoms with van der Waals surface area (Å²) in [6.07, 6.45) is 0.00533. The number of hydrogen-bond acceptors (Lipinski definition) is 6. The third-order valence-corrected chi connectivity index (χ3v) is 3.85. The number of nitrogens with zero attached hydrogens (tertiary/aromatic N) is 1. The summed E-state index contributed by atoms with van der Waals surface area (Å²) in [5.74, 6) is 0.556. The van der Waals surface area contributed by atoms with Crippen LogP contribution in [-0.4, -0.2) is 37.3 Å². The molecule has 0 spiro atoms. The third kappa shape index (κ3) is 3.22. The van der Waals surface area contributed by atoms with Crippen LogP contribution in [0.1, 0.15) is 16.9 Å². The molecule has 8 heteroatoms. The quantitative estimate of drug-likeness (QED) is 0.638. The molecule has 0 aliphatic heterocycles. The fraction of sp³-hybridized carbons (Fsp3) is 0.357. The van der Waals surface area contributed by atoms with Crippen molar-refractivity contribution in [3.63, 3.8) is 0 Å². The normalized spacial score (nSPS) is 12.0. The highest BCUT2D eigenvalue weighted by atomic mass is 79.9. The zero-order valence-corrected chi connectivity index (χ0v) is 13.9. The Morgan fingerprint density at radius 1 is 1.27 bits per heavy atom. The van der Waals surface area contributed by atoms with Crippen molar-refractivity contribution in [1.82, 2.24) is 9.97 Å². The van der Waals surface area contributed by atoms with Gasteiger partial charge in [0.15, 0.2) is 11.5 Å². The maximum absolute atomic E-state index is 12.1. The van der Waals surface area contributed by atoms with Gasteiger partial charge in [-0.2, -0.15) is 0 Å². The zero-order chi connectivity index (χ0) is 16.3. The van der Waals surface area contributed by atoms with E-state index in [4.69, 9.17) is 9.47 Å². The Morgan fingerprint density at radius 2 is 1.91 bits per heavy atom. The molecule has 1 aromatic heterocycles. The first kappa shape index (κ1) is 16.3. The van der Waals surface area contributed by atoms with Crippen molar-refractivity contribution in [3.8, 4) is 11.5 Å². The van der Waals surface area contributed by atoms with E-state index in [1.54, 1.807) is 12.1 Å². The molecule has 22 heavy (non-hydrogen) atoms. The molecule has 0 saturated carbocycles. The predicted octanol–water partition coefficient (Wildman–Crippen LogP) is 1.94. The number of methoxy groups -OCH3 is 3. The molecular formula is C14H15BrN2O5. The van der Waals surface area contributed by atoms with Crippen molar-refractivity contribution in [2.75, 3.05) is 21.3 Å². The van der Waals surface area contributed by atoms with Crippen molar-refractivity contribution in [3.05, 3.63) is 28.2 Å². The van der Waals surface area contributed by atoms with Crippen LogP contribution in [0.25, 0.3) is 11.0 Å². The number of H-pyrrole nitrogens is 1. The van der Waals surface area contributed by atoms with Gasteiger partial charge in [0.2, 0.25) is 0 Å². The fourth-order valence-electron chi connectivity index (χ4n) is 1.97. The monoisotopic (exact) mass is 370 g/mol. The average molecular weight is 371 g/mol. The fourth-order valence-corrected chi connectivity index (χ4v) is 2.54. The van der Waals surface area contributed by atoms with E-state index in [0.29, 0.717) is 22.5 Å². The first-order valence-electron chi connectivity index (χ1n) is 6.37. The maximum Gasteiger partial charge on any atom is 0.307 e. The minimum atomic E-state index is -0.541. The number of benzene rings is 1. The number of ether oxygens (including phenoxy) is 3. The van der Waals surface area contributed by atoms with Crippen molar-refractivity contribution in [1.29, 1.82) is 0 Å². The Balaban J connectivity index is 2.51. The summed E-state index contributed by atoms with van der Waals surface area (Å²) >= 11 is 3.29. The standard InChI is InChI=1S/C14H15BrN2O5/c1-20-10-5-8-9(6-11(10)21-2)17-14(19)13(16-8)7(15)4-12(18)22-3/h5-7H,4H2,1-3H3,(H,17,19). The number of aromatic amines is 1. The van der Waals surface area contributed by atoms with Crippen LogP contribution in [-0.2, 0) is 9.53 Å². The van der Waals surface area contributed by atoms with Crippen LogP contribution in [0, 0.1) is 0 Å². The highest BCUT2D eigenvalue weighted by molar-refractivity contribution is 9.09. The minimum Gasteiger partial charge on any atom is -0.493 e. The molecule has 0 saturated heterocycles. The Morgan fingerprint density at radius 3 is 2.50 bits per heavy atom. The molecule has 0 aliphatic rings. The van der Waals surface area contributed by atoms with Crippen LogP contribution in [0.2, 0.25) is 0 Å². The molecule has 0 radical (unpaired) electrons. The Bertz CT molecular complexity index is 759. The van der Waals surface area contributed by atoms with Gasteiger partial charge >= 0.3 is 5.97 Å². The van der Waals surface area contributed by atoms with E-state index in [1.807, 2.05) is 0 Å². The van der Waals surface area contributed by atoms with E-state index < -0.39 is 10.8 Å². The summed E-state index contributed by atoms with van der Waals surface area (Å²) in [5, 5.41) is 0. The summed E-state index contributed by atoms with van der Waals surface area (Å²) < 4.78 is 15.0.